The van der Waals surface area contributed by atoms with Crippen LogP contribution in [0.1, 0.15) is 37.3 Å². The maximum absolute atomic E-state index is 11.8. The van der Waals surface area contributed by atoms with Crippen molar-refractivity contribution in [2.24, 2.45) is 0 Å². The van der Waals surface area contributed by atoms with Gasteiger partial charge in [-0.05, 0) is 6.92 Å². The van der Waals surface area contributed by atoms with Gasteiger partial charge in [-0.1, -0.05) is 30.6 Å². The van der Waals surface area contributed by atoms with Gasteiger partial charge in [0.05, 0.1) is 0 Å². The minimum Gasteiger partial charge on any atom is -0.337 e. The first-order valence-corrected chi connectivity index (χ1v) is 5.91. The van der Waals surface area contributed by atoms with Crippen molar-refractivity contribution in [1.29, 1.82) is 0 Å². The Kier molecular flexibility index (Phi) is 3.47. The fraction of sp³-hybridized carbons (Fsp3) is 0.455. The smallest absolute Gasteiger partial charge is 0.255 e. The predicted molar refractivity (Wildman–Crippen MR) is 65.7 cm³/mol. The van der Waals surface area contributed by atoms with Gasteiger partial charge in [0.2, 0.25) is 5.89 Å². The molecule has 2 aromatic rings. The topological polar surface area (TPSA) is 73.8 Å². The molecule has 0 bridgehead atoms. The molecule has 96 valence electrons. The van der Waals surface area contributed by atoms with Crippen LogP contribution in [0.25, 0.3) is 0 Å². The molecule has 0 aliphatic heterocycles. The summed E-state index contributed by atoms with van der Waals surface area (Å²) in [6.45, 7) is 5.84. The van der Waals surface area contributed by atoms with E-state index >= 15 is 0 Å². The molecule has 0 N–H and O–H groups in total. The zero-order chi connectivity index (χ0) is 13.3. The summed E-state index contributed by atoms with van der Waals surface area (Å²) in [5.74, 6) is 1.70. The lowest BCUT2D eigenvalue weighted by atomic mass is 10.2. The van der Waals surface area contributed by atoms with Gasteiger partial charge in [0, 0.05) is 12.0 Å². The number of nitrogens with zero attached hydrogens (tertiary/aromatic N) is 4. The molecule has 0 atom stereocenters. The highest BCUT2D eigenvalue weighted by molar-refractivity contribution is 6.29. The zero-order valence-electron chi connectivity index (χ0n) is 10.3. The van der Waals surface area contributed by atoms with E-state index in [2.05, 4.69) is 15.1 Å². The number of halogens is 1. The van der Waals surface area contributed by atoms with Crippen molar-refractivity contribution in [2.45, 2.75) is 33.2 Å². The maximum atomic E-state index is 11.8. The third kappa shape index (κ3) is 2.59. The summed E-state index contributed by atoms with van der Waals surface area (Å²) in [5, 5.41) is 4.02. The van der Waals surface area contributed by atoms with Crippen molar-refractivity contribution in [3.8, 4) is 0 Å². The van der Waals surface area contributed by atoms with Crippen LogP contribution in [-0.2, 0) is 6.54 Å². The monoisotopic (exact) mass is 268 g/mol. The molecule has 0 amide bonds. The van der Waals surface area contributed by atoms with E-state index in [1.54, 1.807) is 6.92 Å². The van der Waals surface area contributed by atoms with Gasteiger partial charge in [-0.3, -0.25) is 9.36 Å². The number of hydrogen-bond donors (Lipinski definition) is 0. The normalized spacial score (nSPS) is 11.2. The second-order valence-corrected chi connectivity index (χ2v) is 4.64. The minimum atomic E-state index is -0.239. The summed E-state index contributed by atoms with van der Waals surface area (Å²) < 4.78 is 6.52. The van der Waals surface area contributed by atoms with Crippen molar-refractivity contribution < 1.29 is 4.52 Å². The molecule has 0 aliphatic rings. The van der Waals surface area contributed by atoms with Crippen molar-refractivity contribution in [2.75, 3.05) is 0 Å². The van der Waals surface area contributed by atoms with Crippen LogP contribution in [0.5, 0.6) is 0 Å². The average Bonchev–Trinajstić information content (AvgIpc) is 2.71. The first-order chi connectivity index (χ1) is 8.47. The number of rotatable bonds is 3. The second kappa shape index (κ2) is 4.89. The summed E-state index contributed by atoms with van der Waals surface area (Å²) in [4.78, 5) is 20.0. The van der Waals surface area contributed by atoms with E-state index in [9.17, 15) is 4.79 Å². The fourth-order valence-electron chi connectivity index (χ4n) is 1.48. The van der Waals surface area contributed by atoms with Crippen molar-refractivity contribution in [1.82, 2.24) is 19.7 Å². The van der Waals surface area contributed by atoms with Crippen molar-refractivity contribution >= 4 is 11.6 Å². The van der Waals surface area contributed by atoms with Crippen LogP contribution in [0.15, 0.2) is 15.4 Å². The van der Waals surface area contributed by atoms with Crippen molar-refractivity contribution in [3.05, 3.63) is 39.1 Å². The summed E-state index contributed by atoms with van der Waals surface area (Å²) in [6, 6.07) is 1.26. The van der Waals surface area contributed by atoms with Gasteiger partial charge >= 0.3 is 0 Å². The summed E-state index contributed by atoms with van der Waals surface area (Å²) in [6.07, 6.45) is 0. The zero-order valence-corrected chi connectivity index (χ0v) is 11.1. The van der Waals surface area contributed by atoms with Crippen LogP contribution >= 0.6 is 11.6 Å². The average molecular weight is 269 g/mol. The lowest BCUT2D eigenvalue weighted by Gasteiger charge is -2.05. The molecular formula is C11H13ClN4O2. The van der Waals surface area contributed by atoms with E-state index in [4.69, 9.17) is 16.1 Å². The van der Waals surface area contributed by atoms with E-state index in [-0.39, 0.29) is 23.2 Å². The Labute approximate surface area is 109 Å². The van der Waals surface area contributed by atoms with Crippen LogP contribution in [0.4, 0.5) is 0 Å². The van der Waals surface area contributed by atoms with Gasteiger partial charge in [0.1, 0.15) is 17.5 Å². The Hall–Kier alpha value is -1.69. The Morgan fingerprint density at radius 3 is 2.72 bits per heavy atom. The Morgan fingerprint density at radius 2 is 2.17 bits per heavy atom. The minimum absolute atomic E-state index is 0.183. The fourth-order valence-corrected chi connectivity index (χ4v) is 1.70. The third-order valence-electron chi connectivity index (χ3n) is 2.46. The van der Waals surface area contributed by atoms with E-state index in [1.807, 2.05) is 13.8 Å². The van der Waals surface area contributed by atoms with Gasteiger partial charge in [0.15, 0.2) is 5.82 Å². The SMILES string of the molecule is Cc1nc(Cl)cc(=O)n1Cc1nc(C(C)C)no1. The van der Waals surface area contributed by atoms with Crippen LogP contribution < -0.4 is 5.56 Å². The molecule has 0 radical (unpaired) electrons. The molecule has 2 rings (SSSR count). The lowest BCUT2D eigenvalue weighted by Crippen LogP contribution is -2.23. The third-order valence-corrected chi connectivity index (χ3v) is 2.66. The molecule has 0 fully saturated rings. The number of aromatic nitrogens is 4. The molecule has 0 spiro atoms. The molecule has 18 heavy (non-hydrogen) atoms. The Bertz CT molecular complexity index is 618. The molecule has 0 saturated heterocycles. The molecule has 0 aromatic carbocycles. The van der Waals surface area contributed by atoms with Gasteiger partial charge in [-0.2, -0.15) is 4.98 Å². The van der Waals surface area contributed by atoms with Gasteiger partial charge in [-0.15, -0.1) is 0 Å². The number of aryl methyl sites for hydroxylation is 1. The lowest BCUT2D eigenvalue weighted by molar-refractivity contribution is 0.361. The quantitative estimate of drug-likeness (QED) is 0.793. The van der Waals surface area contributed by atoms with E-state index < -0.39 is 0 Å². The van der Waals surface area contributed by atoms with Crippen LogP contribution in [0, 0.1) is 6.92 Å². The molecule has 7 heteroatoms. The largest absolute Gasteiger partial charge is 0.337 e. The van der Waals surface area contributed by atoms with Crippen molar-refractivity contribution in [3.63, 3.8) is 0 Å². The second-order valence-electron chi connectivity index (χ2n) is 4.25. The molecule has 0 saturated carbocycles. The van der Waals surface area contributed by atoms with Crippen LogP contribution in [0.3, 0.4) is 0 Å². The first kappa shape index (κ1) is 12.8. The summed E-state index contributed by atoms with van der Waals surface area (Å²) in [7, 11) is 0. The highest BCUT2D eigenvalue weighted by Crippen LogP contribution is 2.10. The first-order valence-electron chi connectivity index (χ1n) is 5.54. The maximum Gasteiger partial charge on any atom is 0.255 e. The van der Waals surface area contributed by atoms with Crippen LogP contribution in [-0.4, -0.2) is 19.7 Å². The molecule has 6 nitrogen and oxygen atoms in total. The standard InChI is InChI=1S/C11H13ClN4O2/c1-6(2)11-14-9(18-15-11)5-16-7(3)13-8(12)4-10(16)17/h4,6H,5H2,1-3H3. The Balaban J connectivity index is 2.31. The van der Waals surface area contributed by atoms with E-state index in [1.165, 1.54) is 10.6 Å². The highest BCUT2D eigenvalue weighted by atomic mass is 35.5. The van der Waals surface area contributed by atoms with Gasteiger partial charge in [-0.25, -0.2) is 4.98 Å². The predicted octanol–water partition coefficient (Wildman–Crippen LogP) is 1.76. The summed E-state index contributed by atoms with van der Waals surface area (Å²) in [5.41, 5.74) is -0.239. The molecule has 2 heterocycles. The van der Waals surface area contributed by atoms with Gasteiger partial charge in [0.25, 0.3) is 5.56 Å². The molecule has 2 aromatic heterocycles. The molecule has 0 aliphatic carbocycles. The van der Waals surface area contributed by atoms with Crippen LogP contribution in [0.2, 0.25) is 5.15 Å². The Morgan fingerprint density at radius 1 is 1.44 bits per heavy atom. The number of hydrogen-bond acceptors (Lipinski definition) is 5. The van der Waals surface area contributed by atoms with Gasteiger partial charge < -0.3 is 4.52 Å². The van der Waals surface area contributed by atoms with E-state index in [0.717, 1.165) is 0 Å². The van der Waals surface area contributed by atoms with E-state index in [0.29, 0.717) is 17.5 Å². The highest BCUT2D eigenvalue weighted by Gasteiger charge is 2.12. The molecule has 0 unspecified atom stereocenters. The summed E-state index contributed by atoms with van der Waals surface area (Å²) >= 11 is 5.70. The molecular weight excluding hydrogens is 256 g/mol.